The number of amides is 2. The number of nitrogens with one attached hydrogen (secondary N) is 2. The van der Waals surface area contributed by atoms with Gasteiger partial charge < -0.3 is 25.4 Å². The number of aliphatic hydroxyl groups is 1. The summed E-state index contributed by atoms with van der Waals surface area (Å²) < 4.78 is 5.41. The van der Waals surface area contributed by atoms with E-state index in [-0.39, 0.29) is 18.7 Å². The van der Waals surface area contributed by atoms with Crippen LogP contribution >= 0.6 is 0 Å². The van der Waals surface area contributed by atoms with E-state index in [0.717, 1.165) is 50.2 Å². The van der Waals surface area contributed by atoms with Crippen molar-refractivity contribution in [2.45, 2.75) is 37.3 Å². The third kappa shape index (κ3) is 3.37. The van der Waals surface area contributed by atoms with Crippen molar-refractivity contribution in [2.24, 2.45) is 0 Å². The van der Waals surface area contributed by atoms with Crippen LogP contribution in [0, 0.1) is 0 Å². The maximum absolute atomic E-state index is 12.2. The lowest BCUT2D eigenvalue weighted by atomic mass is 9.77. The minimum Gasteiger partial charge on any atom is -0.495 e. The molecule has 126 valence electrons. The fraction of sp³-hybridized carbons (Fsp3) is 0.588. The van der Waals surface area contributed by atoms with E-state index in [1.807, 2.05) is 24.3 Å². The summed E-state index contributed by atoms with van der Waals surface area (Å²) in [6.07, 6.45) is 3.67. The van der Waals surface area contributed by atoms with Gasteiger partial charge in [0.1, 0.15) is 5.75 Å². The summed E-state index contributed by atoms with van der Waals surface area (Å²) in [7, 11) is 1.67. The maximum Gasteiger partial charge on any atom is 0.315 e. The molecule has 3 N–H and O–H groups in total. The minimum atomic E-state index is -0.398. The Kier molecular flexibility index (Phi) is 4.61. The molecule has 1 aliphatic carbocycles. The van der Waals surface area contributed by atoms with Crippen LogP contribution in [0.15, 0.2) is 24.3 Å². The first-order chi connectivity index (χ1) is 11.2. The van der Waals surface area contributed by atoms with Gasteiger partial charge in [-0.25, -0.2) is 4.79 Å². The zero-order chi connectivity index (χ0) is 16.3. The fourth-order valence-electron chi connectivity index (χ4n) is 3.38. The highest BCUT2D eigenvalue weighted by Gasteiger charge is 2.38. The number of methoxy groups -OCH3 is 1. The van der Waals surface area contributed by atoms with Crippen LogP contribution in [-0.2, 0) is 0 Å². The van der Waals surface area contributed by atoms with Crippen molar-refractivity contribution in [1.29, 1.82) is 0 Å². The standard InChI is InChI=1S/C17H25N3O3/c1-23-15-6-3-2-5-14(15)20-10-7-13(11-20)18-16(22)19-17(12-21)8-4-9-17/h2-3,5-6,13,21H,4,7-12H2,1H3,(H2,18,19,22). The lowest BCUT2D eigenvalue weighted by molar-refractivity contribution is 0.0954. The molecule has 1 aromatic carbocycles. The molecule has 0 radical (unpaired) electrons. The summed E-state index contributed by atoms with van der Waals surface area (Å²) in [5, 5.41) is 15.4. The molecular weight excluding hydrogens is 294 g/mol. The van der Waals surface area contributed by atoms with Crippen molar-refractivity contribution in [1.82, 2.24) is 10.6 Å². The Hall–Kier alpha value is -1.95. The van der Waals surface area contributed by atoms with Gasteiger partial charge in [-0.1, -0.05) is 12.1 Å². The topological polar surface area (TPSA) is 73.8 Å². The van der Waals surface area contributed by atoms with Gasteiger partial charge in [0.25, 0.3) is 0 Å². The average Bonchev–Trinajstić information content (AvgIpc) is 2.99. The molecule has 2 aliphatic rings. The van der Waals surface area contributed by atoms with Gasteiger partial charge in [0.15, 0.2) is 0 Å². The second kappa shape index (κ2) is 6.66. The molecule has 0 bridgehead atoms. The molecule has 1 heterocycles. The minimum absolute atomic E-state index is 0.0123. The van der Waals surface area contributed by atoms with Gasteiger partial charge in [-0.3, -0.25) is 0 Å². The highest BCUT2D eigenvalue weighted by Crippen LogP contribution is 2.32. The van der Waals surface area contributed by atoms with Gasteiger partial charge in [-0.15, -0.1) is 0 Å². The Morgan fingerprint density at radius 2 is 2.22 bits per heavy atom. The molecule has 2 fully saturated rings. The first kappa shape index (κ1) is 15.9. The van der Waals surface area contributed by atoms with Gasteiger partial charge in [-0.2, -0.15) is 0 Å². The average molecular weight is 319 g/mol. The number of para-hydroxylation sites is 2. The van der Waals surface area contributed by atoms with Crippen LogP contribution in [0.4, 0.5) is 10.5 Å². The number of carbonyl (C=O) groups excluding carboxylic acids is 1. The first-order valence-electron chi connectivity index (χ1n) is 8.23. The normalized spacial score (nSPS) is 22.3. The molecular formula is C17H25N3O3. The summed E-state index contributed by atoms with van der Waals surface area (Å²) in [5.74, 6) is 0.853. The molecule has 23 heavy (non-hydrogen) atoms. The van der Waals surface area contributed by atoms with E-state index in [9.17, 15) is 9.90 Å². The van der Waals surface area contributed by atoms with Crippen LogP contribution in [0.25, 0.3) is 0 Å². The number of hydrogen-bond acceptors (Lipinski definition) is 4. The van der Waals surface area contributed by atoms with Crippen LogP contribution < -0.4 is 20.3 Å². The van der Waals surface area contributed by atoms with Crippen molar-refractivity contribution in [3.63, 3.8) is 0 Å². The van der Waals surface area contributed by atoms with Crippen molar-refractivity contribution in [2.75, 3.05) is 31.7 Å². The Bertz CT molecular complexity index is 554. The van der Waals surface area contributed by atoms with Gasteiger partial charge >= 0.3 is 6.03 Å². The quantitative estimate of drug-likeness (QED) is 0.769. The number of ether oxygens (including phenoxy) is 1. The maximum atomic E-state index is 12.2. The third-order valence-electron chi connectivity index (χ3n) is 4.94. The molecule has 3 rings (SSSR count). The number of rotatable bonds is 5. The molecule has 1 unspecified atom stereocenters. The van der Waals surface area contributed by atoms with E-state index in [1.54, 1.807) is 7.11 Å². The SMILES string of the molecule is COc1ccccc1N1CCC(NC(=O)NC2(CO)CCC2)C1. The van der Waals surface area contributed by atoms with Crippen LogP contribution in [0.2, 0.25) is 0 Å². The monoisotopic (exact) mass is 319 g/mol. The highest BCUT2D eigenvalue weighted by atomic mass is 16.5. The van der Waals surface area contributed by atoms with Crippen molar-refractivity contribution >= 4 is 11.7 Å². The third-order valence-corrected chi connectivity index (χ3v) is 4.94. The lowest BCUT2D eigenvalue weighted by Crippen LogP contribution is -2.59. The molecule has 2 amide bonds. The number of anilines is 1. The van der Waals surface area contributed by atoms with Crippen LogP contribution in [0.1, 0.15) is 25.7 Å². The Labute approximate surface area is 136 Å². The Morgan fingerprint density at radius 3 is 2.87 bits per heavy atom. The van der Waals surface area contributed by atoms with Crippen molar-refractivity contribution in [3.05, 3.63) is 24.3 Å². The summed E-state index contributed by atoms with van der Waals surface area (Å²) in [4.78, 5) is 14.4. The summed E-state index contributed by atoms with van der Waals surface area (Å²) in [6, 6.07) is 7.86. The summed E-state index contributed by atoms with van der Waals surface area (Å²) in [6.45, 7) is 1.66. The van der Waals surface area contributed by atoms with E-state index in [4.69, 9.17) is 4.74 Å². The molecule has 1 atom stereocenters. The van der Waals surface area contributed by atoms with Gasteiger partial charge in [-0.05, 0) is 37.8 Å². The van der Waals surface area contributed by atoms with Crippen LogP contribution in [0.3, 0.4) is 0 Å². The van der Waals surface area contributed by atoms with E-state index >= 15 is 0 Å². The first-order valence-corrected chi connectivity index (χ1v) is 8.23. The summed E-state index contributed by atoms with van der Waals surface area (Å²) in [5.41, 5.74) is 0.663. The van der Waals surface area contributed by atoms with E-state index in [2.05, 4.69) is 15.5 Å². The number of nitrogens with zero attached hydrogens (tertiary/aromatic N) is 1. The predicted molar refractivity (Wildman–Crippen MR) is 88.9 cm³/mol. The largest absolute Gasteiger partial charge is 0.495 e. The number of carbonyl (C=O) groups is 1. The molecule has 1 aliphatic heterocycles. The van der Waals surface area contributed by atoms with Gasteiger partial charge in [0.2, 0.25) is 0 Å². The molecule has 1 aromatic rings. The van der Waals surface area contributed by atoms with Crippen LogP contribution in [-0.4, -0.2) is 49.5 Å². The highest BCUT2D eigenvalue weighted by molar-refractivity contribution is 5.75. The molecule has 1 saturated carbocycles. The van der Waals surface area contributed by atoms with Gasteiger partial charge in [0, 0.05) is 19.1 Å². The number of aliphatic hydroxyl groups excluding tert-OH is 1. The predicted octanol–water partition coefficient (Wildman–Crippen LogP) is 1.49. The second-order valence-electron chi connectivity index (χ2n) is 6.49. The van der Waals surface area contributed by atoms with E-state index < -0.39 is 5.54 Å². The lowest BCUT2D eigenvalue weighted by Gasteiger charge is -2.41. The zero-order valence-electron chi connectivity index (χ0n) is 13.5. The molecule has 0 aromatic heterocycles. The van der Waals surface area contributed by atoms with Crippen molar-refractivity contribution in [3.8, 4) is 5.75 Å². The second-order valence-corrected chi connectivity index (χ2v) is 6.49. The zero-order valence-corrected chi connectivity index (χ0v) is 13.5. The van der Waals surface area contributed by atoms with Gasteiger partial charge in [0.05, 0.1) is 24.9 Å². The number of urea groups is 1. The molecule has 0 spiro atoms. The van der Waals surface area contributed by atoms with Crippen molar-refractivity contribution < 1.29 is 14.6 Å². The Balaban J connectivity index is 1.54. The molecule has 1 saturated heterocycles. The summed E-state index contributed by atoms with van der Waals surface area (Å²) >= 11 is 0. The Morgan fingerprint density at radius 1 is 1.43 bits per heavy atom. The molecule has 6 nitrogen and oxygen atoms in total. The smallest absolute Gasteiger partial charge is 0.315 e. The number of benzene rings is 1. The van der Waals surface area contributed by atoms with E-state index in [0.29, 0.717) is 0 Å². The fourth-order valence-corrected chi connectivity index (χ4v) is 3.38. The van der Waals surface area contributed by atoms with Crippen LogP contribution in [0.5, 0.6) is 5.75 Å². The van der Waals surface area contributed by atoms with E-state index in [1.165, 1.54) is 0 Å². The molecule has 6 heteroatoms. The number of hydrogen-bond donors (Lipinski definition) is 3.